The summed E-state index contributed by atoms with van der Waals surface area (Å²) >= 11 is 0. The number of benzene rings is 1. The minimum absolute atomic E-state index is 0.333. The molecule has 0 fully saturated rings. The Kier molecular flexibility index (Phi) is 5.23. The van der Waals surface area contributed by atoms with E-state index in [9.17, 15) is 0 Å². The van der Waals surface area contributed by atoms with Crippen molar-refractivity contribution in [3.8, 4) is 0 Å². The fourth-order valence-electron chi connectivity index (χ4n) is 1.67. The molecule has 0 radical (unpaired) electrons. The number of hydrogen-bond acceptors (Lipinski definition) is 2. The van der Waals surface area contributed by atoms with Crippen molar-refractivity contribution in [1.29, 1.82) is 0 Å². The molecule has 0 aliphatic heterocycles. The zero-order valence-electron chi connectivity index (χ0n) is 10.3. The van der Waals surface area contributed by atoms with Gasteiger partial charge in [0, 0.05) is 6.04 Å². The first-order chi connectivity index (χ1) is 7.61. The van der Waals surface area contributed by atoms with Crippen LogP contribution in [0.1, 0.15) is 30.9 Å². The minimum atomic E-state index is 0.333. The Morgan fingerprint density at radius 3 is 2.50 bits per heavy atom. The molecule has 3 N–H and O–H groups in total. The summed E-state index contributed by atoms with van der Waals surface area (Å²) in [5, 5.41) is 0. The number of hydrazine groups is 1. The average Bonchev–Trinajstić information content (AvgIpc) is 2.26. The van der Waals surface area contributed by atoms with E-state index < -0.39 is 0 Å². The molecule has 1 rings (SSSR count). The molecule has 0 saturated heterocycles. The Labute approximate surface area is 98.5 Å². The molecular formula is C14H22N2. The van der Waals surface area contributed by atoms with Gasteiger partial charge in [-0.05, 0) is 38.7 Å². The van der Waals surface area contributed by atoms with E-state index in [1.165, 1.54) is 16.7 Å². The molecule has 1 unspecified atom stereocenters. The lowest BCUT2D eigenvalue weighted by molar-refractivity contribution is 0.491. The van der Waals surface area contributed by atoms with Crippen LogP contribution in [0.15, 0.2) is 36.4 Å². The Morgan fingerprint density at radius 1 is 1.38 bits per heavy atom. The smallest absolute Gasteiger partial charge is 0.0253 e. The highest BCUT2D eigenvalue weighted by Gasteiger charge is 2.07. The van der Waals surface area contributed by atoms with Crippen LogP contribution >= 0.6 is 0 Å². The van der Waals surface area contributed by atoms with Crippen LogP contribution in [0.2, 0.25) is 0 Å². The quantitative estimate of drug-likeness (QED) is 0.438. The Bertz CT molecular complexity index is 327. The van der Waals surface area contributed by atoms with Gasteiger partial charge in [0.05, 0.1) is 0 Å². The van der Waals surface area contributed by atoms with Crippen LogP contribution < -0.4 is 11.3 Å². The van der Waals surface area contributed by atoms with Crippen molar-refractivity contribution < 1.29 is 0 Å². The van der Waals surface area contributed by atoms with Gasteiger partial charge in [-0.1, -0.05) is 35.4 Å². The molecule has 0 heterocycles. The van der Waals surface area contributed by atoms with Crippen molar-refractivity contribution in [3.05, 3.63) is 47.5 Å². The molecule has 0 amide bonds. The summed E-state index contributed by atoms with van der Waals surface area (Å²) in [6.07, 6.45) is 3.05. The van der Waals surface area contributed by atoms with Crippen LogP contribution in [0, 0.1) is 6.92 Å². The highest BCUT2D eigenvalue weighted by Crippen LogP contribution is 2.11. The first kappa shape index (κ1) is 12.9. The van der Waals surface area contributed by atoms with Gasteiger partial charge in [0.2, 0.25) is 0 Å². The molecule has 2 heteroatoms. The maximum atomic E-state index is 5.56. The fraction of sp³-hybridized carbons (Fsp3) is 0.429. The van der Waals surface area contributed by atoms with E-state index >= 15 is 0 Å². The highest BCUT2D eigenvalue weighted by molar-refractivity contribution is 5.22. The van der Waals surface area contributed by atoms with Gasteiger partial charge in [-0.3, -0.25) is 11.3 Å². The number of aryl methyl sites for hydroxylation is 1. The molecule has 1 aromatic rings. The summed E-state index contributed by atoms with van der Waals surface area (Å²) in [5.41, 5.74) is 6.71. The van der Waals surface area contributed by atoms with E-state index in [4.69, 9.17) is 5.84 Å². The predicted molar refractivity (Wildman–Crippen MR) is 70.0 cm³/mol. The molecule has 0 saturated carbocycles. The lowest BCUT2D eigenvalue weighted by Crippen LogP contribution is -2.36. The van der Waals surface area contributed by atoms with Gasteiger partial charge < -0.3 is 0 Å². The lowest BCUT2D eigenvalue weighted by Gasteiger charge is -2.15. The Hall–Kier alpha value is -1.12. The molecular weight excluding hydrogens is 196 g/mol. The van der Waals surface area contributed by atoms with Crippen LogP contribution in [-0.4, -0.2) is 6.04 Å². The van der Waals surface area contributed by atoms with Crippen LogP contribution in [0.5, 0.6) is 0 Å². The molecule has 1 aromatic carbocycles. The Balaban J connectivity index is 2.49. The third-order valence-corrected chi connectivity index (χ3v) is 2.76. The van der Waals surface area contributed by atoms with Gasteiger partial charge in [-0.2, -0.15) is 0 Å². The first-order valence-electron chi connectivity index (χ1n) is 5.78. The van der Waals surface area contributed by atoms with E-state index in [0.29, 0.717) is 6.04 Å². The van der Waals surface area contributed by atoms with Gasteiger partial charge in [-0.15, -0.1) is 6.58 Å². The molecule has 88 valence electrons. The zero-order chi connectivity index (χ0) is 12.0. The number of rotatable bonds is 6. The monoisotopic (exact) mass is 218 g/mol. The third kappa shape index (κ3) is 4.60. The molecule has 1 atom stereocenters. The number of nitrogens with two attached hydrogens (primary N) is 1. The van der Waals surface area contributed by atoms with Gasteiger partial charge in [-0.25, -0.2) is 0 Å². The second-order valence-corrected chi connectivity index (χ2v) is 4.55. The maximum absolute atomic E-state index is 5.56. The molecule has 0 aliphatic rings. The van der Waals surface area contributed by atoms with Crippen LogP contribution in [0.3, 0.4) is 0 Å². The summed E-state index contributed by atoms with van der Waals surface area (Å²) in [6, 6.07) is 8.95. The second kappa shape index (κ2) is 6.46. The molecule has 2 nitrogen and oxygen atoms in total. The SMILES string of the molecule is C=C(C)CCC(Cc1ccc(C)cc1)NN. The number of hydrogen-bond donors (Lipinski definition) is 2. The Morgan fingerprint density at radius 2 is 2.00 bits per heavy atom. The van der Waals surface area contributed by atoms with Crippen molar-refractivity contribution in [2.45, 2.75) is 39.2 Å². The molecule has 0 aliphatic carbocycles. The van der Waals surface area contributed by atoms with E-state index in [2.05, 4.69) is 50.1 Å². The lowest BCUT2D eigenvalue weighted by atomic mass is 10.00. The van der Waals surface area contributed by atoms with Gasteiger partial charge >= 0.3 is 0 Å². The largest absolute Gasteiger partial charge is 0.271 e. The van der Waals surface area contributed by atoms with Gasteiger partial charge in [0.25, 0.3) is 0 Å². The summed E-state index contributed by atoms with van der Waals surface area (Å²) in [6.45, 7) is 8.07. The first-order valence-corrected chi connectivity index (χ1v) is 5.78. The summed E-state index contributed by atoms with van der Waals surface area (Å²) in [5.74, 6) is 5.56. The third-order valence-electron chi connectivity index (χ3n) is 2.76. The van der Waals surface area contributed by atoms with Crippen LogP contribution in [0.4, 0.5) is 0 Å². The fourth-order valence-corrected chi connectivity index (χ4v) is 1.67. The van der Waals surface area contributed by atoms with Gasteiger partial charge in [0.1, 0.15) is 0 Å². The van der Waals surface area contributed by atoms with Crippen molar-refractivity contribution in [3.63, 3.8) is 0 Å². The highest BCUT2D eigenvalue weighted by atomic mass is 15.2. The van der Waals surface area contributed by atoms with Crippen molar-refractivity contribution in [1.82, 2.24) is 5.43 Å². The predicted octanol–water partition coefficient (Wildman–Crippen LogP) is 2.73. The molecule has 0 bridgehead atoms. The number of allylic oxidation sites excluding steroid dienone is 1. The molecule has 16 heavy (non-hydrogen) atoms. The molecule has 0 aromatic heterocycles. The topological polar surface area (TPSA) is 38.0 Å². The average molecular weight is 218 g/mol. The van der Waals surface area contributed by atoms with E-state index in [1.807, 2.05) is 0 Å². The summed E-state index contributed by atoms with van der Waals surface area (Å²) in [4.78, 5) is 0. The van der Waals surface area contributed by atoms with Crippen LogP contribution in [-0.2, 0) is 6.42 Å². The standard InChI is InChI=1S/C14H22N2/c1-11(2)4-9-14(16-15)10-13-7-5-12(3)6-8-13/h5-8,14,16H,1,4,9-10,15H2,2-3H3. The zero-order valence-corrected chi connectivity index (χ0v) is 10.3. The van der Waals surface area contributed by atoms with Crippen molar-refractivity contribution >= 4 is 0 Å². The minimum Gasteiger partial charge on any atom is -0.271 e. The maximum Gasteiger partial charge on any atom is 0.0253 e. The van der Waals surface area contributed by atoms with Crippen LogP contribution in [0.25, 0.3) is 0 Å². The van der Waals surface area contributed by atoms with E-state index in [1.54, 1.807) is 0 Å². The summed E-state index contributed by atoms with van der Waals surface area (Å²) < 4.78 is 0. The van der Waals surface area contributed by atoms with E-state index in [0.717, 1.165) is 19.3 Å². The summed E-state index contributed by atoms with van der Waals surface area (Å²) in [7, 11) is 0. The second-order valence-electron chi connectivity index (χ2n) is 4.55. The van der Waals surface area contributed by atoms with Crippen molar-refractivity contribution in [2.24, 2.45) is 5.84 Å². The normalized spacial score (nSPS) is 12.4. The van der Waals surface area contributed by atoms with Gasteiger partial charge in [0.15, 0.2) is 0 Å². The van der Waals surface area contributed by atoms with Crippen molar-refractivity contribution in [2.75, 3.05) is 0 Å². The number of nitrogens with one attached hydrogen (secondary N) is 1. The van der Waals surface area contributed by atoms with E-state index in [-0.39, 0.29) is 0 Å². The molecule has 0 spiro atoms.